The summed E-state index contributed by atoms with van der Waals surface area (Å²) < 4.78 is 0. The highest BCUT2D eigenvalue weighted by Crippen LogP contribution is 2.14. The van der Waals surface area contributed by atoms with E-state index in [0.29, 0.717) is 6.42 Å². The van der Waals surface area contributed by atoms with Crippen LogP contribution in [0.25, 0.3) is 0 Å². The highest BCUT2D eigenvalue weighted by Gasteiger charge is 2.06. The van der Waals surface area contributed by atoms with Crippen LogP contribution in [0.5, 0.6) is 0 Å². The molecule has 2 unspecified atom stereocenters. The normalized spacial score (nSPS) is 14.0. The molecule has 3 N–H and O–H groups in total. The Kier molecular flexibility index (Phi) is 14.9. The summed E-state index contributed by atoms with van der Waals surface area (Å²) in [5.41, 5.74) is 0. The van der Waals surface area contributed by atoms with Crippen LogP contribution in [0, 0.1) is 0 Å². The molecule has 4 nitrogen and oxygen atoms in total. The third-order valence-corrected chi connectivity index (χ3v) is 4.16. The smallest absolute Gasteiger partial charge is 0.303 e. The molecule has 0 aliphatic carbocycles. The minimum Gasteiger partial charge on any atom is -0.481 e. The van der Waals surface area contributed by atoms with Crippen molar-refractivity contribution < 1.29 is 20.1 Å². The van der Waals surface area contributed by atoms with E-state index in [1.807, 2.05) is 0 Å². The summed E-state index contributed by atoms with van der Waals surface area (Å²) in [4.78, 5) is 10.4. The molecule has 0 aromatic heterocycles. The van der Waals surface area contributed by atoms with Gasteiger partial charge in [0.2, 0.25) is 0 Å². The summed E-state index contributed by atoms with van der Waals surface area (Å²) in [5.74, 6) is -0.834. The summed E-state index contributed by atoms with van der Waals surface area (Å²) in [7, 11) is 0. The third kappa shape index (κ3) is 15.8. The van der Waals surface area contributed by atoms with Crippen molar-refractivity contribution >= 4 is 5.97 Å². The fraction of sp³-hybridized carbons (Fsp3) is 0.944. The van der Waals surface area contributed by atoms with Crippen LogP contribution in [0.15, 0.2) is 0 Å². The fourth-order valence-electron chi connectivity index (χ4n) is 2.66. The minimum absolute atomic E-state index is 0.0608. The number of hydrogen-bond acceptors (Lipinski definition) is 3. The molecule has 0 spiro atoms. The van der Waals surface area contributed by atoms with E-state index in [4.69, 9.17) is 5.11 Å². The molecule has 4 heteroatoms. The summed E-state index contributed by atoms with van der Waals surface area (Å²) >= 11 is 0. The first-order valence-electron chi connectivity index (χ1n) is 9.14. The SMILES string of the molecule is CCCCC(O)CCCCCCCCCC(O)CCC(=O)O. The summed E-state index contributed by atoms with van der Waals surface area (Å²) in [6.45, 7) is 2.15. The maximum Gasteiger partial charge on any atom is 0.303 e. The molecule has 0 saturated carbocycles. The Morgan fingerprint density at radius 2 is 1.14 bits per heavy atom. The van der Waals surface area contributed by atoms with E-state index in [0.717, 1.165) is 51.4 Å². The quantitative estimate of drug-likeness (QED) is 0.371. The highest BCUT2D eigenvalue weighted by molar-refractivity contribution is 5.66. The van der Waals surface area contributed by atoms with Crippen LogP contribution in [0.4, 0.5) is 0 Å². The number of unbranched alkanes of at least 4 members (excludes halogenated alkanes) is 7. The van der Waals surface area contributed by atoms with E-state index >= 15 is 0 Å². The van der Waals surface area contributed by atoms with Crippen LogP contribution >= 0.6 is 0 Å². The number of carboxylic acid groups (broad SMARTS) is 1. The molecule has 0 aromatic carbocycles. The first kappa shape index (κ1) is 21.4. The van der Waals surface area contributed by atoms with E-state index in [1.54, 1.807) is 0 Å². The maximum atomic E-state index is 10.4. The Labute approximate surface area is 135 Å². The van der Waals surface area contributed by atoms with Crippen molar-refractivity contribution in [3.8, 4) is 0 Å². The Morgan fingerprint density at radius 1 is 0.727 bits per heavy atom. The van der Waals surface area contributed by atoms with E-state index in [2.05, 4.69) is 6.92 Å². The number of hydrogen-bond donors (Lipinski definition) is 3. The van der Waals surface area contributed by atoms with Gasteiger partial charge in [-0.2, -0.15) is 0 Å². The molecule has 2 atom stereocenters. The van der Waals surface area contributed by atoms with Crippen LogP contribution in [0.2, 0.25) is 0 Å². The number of rotatable bonds is 16. The second-order valence-corrected chi connectivity index (χ2v) is 6.43. The van der Waals surface area contributed by atoms with Crippen molar-refractivity contribution in [1.29, 1.82) is 0 Å². The van der Waals surface area contributed by atoms with Crippen LogP contribution in [0.1, 0.15) is 96.8 Å². The fourth-order valence-corrected chi connectivity index (χ4v) is 2.66. The zero-order valence-corrected chi connectivity index (χ0v) is 14.3. The largest absolute Gasteiger partial charge is 0.481 e. The maximum absolute atomic E-state index is 10.4. The molecule has 0 saturated heterocycles. The van der Waals surface area contributed by atoms with E-state index in [9.17, 15) is 15.0 Å². The first-order valence-corrected chi connectivity index (χ1v) is 9.14. The molecule has 0 bridgehead atoms. The van der Waals surface area contributed by atoms with Gasteiger partial charge in [-0.3, -0.25) is 4.79 Å². The van der Waals surface area contributed by atoms with Crippen molar-refractivity contribution in [2.75, 3.05) is 0 Å². The van der Waals surface area contributed by atoms with Crippen molar-refractivity contribution in [3.63, 3.8) is 0 Å². The van der Waals surface area contributed by atoms with Crippen LogP contribution in [-0.2, 0) is 4.79 Å². The molecule has 0 rings (SSSR count). The standard InChI is InChI=1S/C18H36O4/c1-2-3-11-16(19)12-9-7-5-4-6-8-10-13-17(20)14-15-18(21)22/h16-17,19-20H,2-15H2,1H3,(H,21,22). The summed E-state index contributed by atoms with van der Waals surface area (Å²) in [5, 5.41) is 27.8. The number of carbonyl (C=O) groups is 1. The first-order chi connectivity index (χ1) is 10.6. The lowest BCUT2D eigenvalue weighted by Crippen LogP contribution is -2.09. The molecule has 22 heavy (non-hydrogen) atoms. The van der Waals surface area contributed by atoms with Crippen molar-refractivity contribution in [3.05, 3.63) is 0 Å². The van der Waals surface area contributed by atoms with Gasteiger partial charge < -0.3 is 15.3 Å². The molecule has 0 aliphatic heterocycles. The zero-order valence-electron chi connectivity index (χ0n) is 14.3. The van der Waals surface area contributed by atoms with E-state index in [-0.39, 0.29) is 12.5 Å². The van der Waals surface area contributed by atoms with Gasteiger partial charge in [0, 0.05) is 6.42 Å². The molecule has 0 aromatic rings. The van der Waals surface area contributed by atoms with Crippen molar-refractivity contribution in [1.82, 2.24) is 0 Å². The van der Waals surface area contributed by atoms with Gasteiger partial charge in [0.25, 0.3) is 0 Å². The lowest BCUT2D eigenvalue weighted by Gasteiger charge is -2.10. The molecular formula is C18H36O4. The molecule has 0 amide bonds. The predicted molar refractivity (Wildman–Crippen MR) is 90.0 cm³/mol. The lowest BCUT2D eigenvalue weighted by atomic mass is 10.0. The average molecular weight is 316 g/mol. The molecule has 0 radical (unpaired) electrons. The van der Waals surface area contributed by atoms with Crippen LogP contribution < -0.4 is 0 Å². The Morgan fingerprint density at radius 3 is 1.59 bits per heavy atom. The van der Waals surface area contributed by atoms with E-state index in [1.165, 1.54) is 25.7 Å². The zero-order chi connectivity index (χ0) is 16.6. The Hall–Kier alpha value is -0.610. The molecule has 0 heterocycles. The number of carboxylic acids is 1. The van der Waals surface area contributed by atoms with Crippen molar-refractivity contribution in [2.24, 2.45) is 0 Å². The van der Waals surface area contributed by atoms with Gasteiger partial charge in [-0.25, -0.2) is 0 Å². The second-order valence-electron chi connectivity index (χ2n) is 6.43. The van der Waals surface area contributed by atoms with Gasteiger partial charge in [0.05, 0.1) is 12.2 Å². The summed E-state index contributed by atoms with van der Waals surface area (Å²) in [6, 6.07) is 0. The predicted octanol–water partition coefficient (Wildman–Crippen LogP) is 4.27. The highest BCUT2D eigenvalue weighted by atomic mass is 16.4. The average Bonchev–Trinajstić information content (AvgIpc) is 2.49. The summed E-state index contributed by atoms with van der Waals surface area (Å²) in [6.07, 6.45) is 12.8. The van der Waals surface area contributed by atoms with Crippen LogP contribution in [-0.4, -0.2) is 33.5 Å². The minimum atomic E-state index is -0.834. The van der Waals surface area contributed by atoms with Gasteiger partial charge in [-0.1, -0.05) is 64.7 Å². The second kappa shape index (κ2) is 15.3. The van der Waals surface area contributed by atoms with Gasteiger partial charge in [0.15, 0.2) is 0 Å². The Balaban J connectivity index is 3.21. The lowest BCUT2D eigenvalue weighted by molar-refractivity contribution is -0.137. The van der Waals surface area contributed by atoms with Crippen LogP contribution in [0.3, 0.4) is 0 Å². The van der Waals surface area contributed by atoms with Gasteiger partial charge in [-0.15, -0.1) is 0 Å². The molecule has 132 valence electrons. The number of aliphatic hydroxyl groups is 2. The molecule has 0 aliphatic rings. The monoisotopic (exact) mass is 316 g/mol. The van der Waals surface area contributed by atoms with Crippen molar-refractivity contribution in [2.45, 2.75) is 109 Å². The number of aliphatic hydroxyl groups excluding tert-OH is 2. The Bertz CT molecular complexity index is 255. The van der Waals surface area contributed by atoms with Gasteiger partial charge >= 0.3 is 5.97 Å². The van der Waals surface area contributed by atoms with Gasteiger partial charge in [-0.05, 0) is 25.7 Å². The van der Waals surface area contributed by atoms with E-state index < -0.39 is 12.1 Å². The van der Waals surface area contributed by atoms with Gasteiger partial charge in [0.1, 0.15) is 0 Å². The topological polar surface area (TPSA) is 77.8 Å². The molecular weight excluding hydrogens is 280 g/mol. The third-order valence-electron chi connectivity index (χ3n) is 4.16. The molecule has 0 fully saturated rings. The number of aliphatic carboxylic acids is 1.